The van der Waals surface area contributed by atoms with Crippen molar-refractivity contribution in [1.29, 1.82) is 5.26 Å². The summed E-state index contributed by atoms with van der Waals surface area (Å²) >= 11 is 6.49. The molecular weight excluding hydrogens is 361 g/mol. The number of rotatable bonds is 4. The number of nitriles is 1. The van der Waals surface area contributed by atoms with Gasteiger partial charge in [0.2, 0.25) is 5.91 Å². The first-order valence-electron chi connectivity index (χ1n) is 6.60. The highest BCUT2D eigenvalue weighted by molar-refractivity contribution is 8.00. The zero-order chi connectivity index (χ0) is 17.7. The van der Waals surface area contributed by atoms with E-state index in [1.165, 1.54) is 6.07 Å². The Morgan fingerprint density at radius 1 is 1.25 bits per heavy atom. The highest BCUT2D eigenvalue weighted by atomic mass is 35.5. The van der Waals surface area contributed by atoms with Crippen LogP contribution in [0.4, 0.5) is 18.9 Å². The number of benzene rings is 2. The number of thioether (sulfide) groups is 1. The smallest absolute Gasteiger partial charge is 0.324 e. The second-order valence-electron chi connectivity index (χ2n) is 4.63. The zero-order valence-corrected chi connectivity index (χ0v) is 13.6. The molecular formula is C16H10ClF3N2OS. The summed E-state index contributed by atoms with van der Waals surface area (Å²) in [7, 11) is 0. The quantitative estimate of drug-likeness (QED) is 0.774. The maximum absolute atomic E-state index is 12.8. The molecule has 0 heterocycles. The minimum Gasteiger partial charge on any atom is -0.324 e. The minimum absolute atomic E-state index is 0.0985. The highest BCUT2D eigenvalue weighted by Crippen LogP contribution is 2.37. The number of hydrogen-bond donors (Lipinski definition) is 1. The van der Waals surface area contributed by atoms with Crippen LogP contribution in [0, 0.1) is 11.3 Å². The number of anilines is 1. The maximum atomic E-state index is 12.8. The Morgan fingerprint density at radius 2 is 1.96 bits per heavy atom. The molecule has 0 aliphatic rings. The van der Waals surface area contributed by atoms with E-state index in [9.17, 15) is 18.0 Å². The normalized spacial score (nSPS) is 11.0. The van der Waals surface area contributed by atoms with Crippen molar-refractivity contribution in [1.82, 2.24) is 0 Å². The Hall–Kier alpha value is -2.17. The van der Waals surface area contributed by atoms with E-state index in [0.29, 0.717) is 11.3 Å². The predicted octanol–water partition coefficient (Wildman–Crippen LogP) is 4.96. The first-order valence-corrected chi connectivity index (χ1v) is 7.96. The van der Waals surface area contributed by atoms with Gasteiger partial charge in [0, 0.05) is 4.90 Å². The van der Waals surface area contributed by atoms with E-state index in [1.807, 2.05) is 6.07 Å². The minimum atomic E-state index is -4.55. The summed E-state index contributed by atoms with van der Waals surface area (Å²) in [5.41, 5.74) is -0.274. The van der Waals surface area contributed by atoms with Crippen molar-refractivity contribution >= 4 is 35.0 Å². The molecule has 0 bridgehead atoms. The fraction of sp³-hybridized carbons (Fsp3) is 0.125. The van der Waals surface area contributed by atoms with Crippen LogP contribution < -0.4 is 5.32 Å². The van der Waals surface area contributed by atoms with Crippen molar-refractivity contribution < 1.29 is 18.0 Å². The Bertz CT molecular complexity index is 803. The number of para-hydroxylation sites is 1. The summed E-state index contributed by atoms with van der Waals surface area (Å²) in [5.74, 6) is -0.523. The van der Waals surface area contributed by atoms with Gasteiger partial charge in [-0.05, 0) is 30.3 Å². The van der Waals surface area contributed by atoms with Crippen LogP contribution in [0.2, 0.25) is 5.02 Å². The van der Waals surface area contributed by atoms with E-state index in [2.05, 4.69) is 5.32 Å². The first kappa shape index (κ1) is 18.2. The van der Waals surface area contributed by atoms with Gasteiger partial charge < -0.3 is 5.32 Å². The monoisotopic (exact) mass is 370 g/mol. The molecule has 0 aliphatic carbocycles. The number of alkyl halides is 3. The molecule has 0 aliphatic heterocycles. The average molecular weight is 371 g/mol. The molecule has 2 rings (SSSR count). The van der Waals surface area contributed by atoms with E-state index in [0.717, 1.165) is 23.9 Å². The number of amides is 1. The number of carbonyl (C=O) groups is 1. The van der Waals surface area contributed by atoms with E-state index < -0.39 is 17.6 Å². The van der Waals surface area contributed by atoms with Crippen molar-refractivity contribution in [2.24, 2.45) is 0 Å². The van der Waals surface area contributed by atoms with Crippen molar-refractivity contribution in [3.05, 3.63) is 58.6 Å². The molecule has 3 nitrogen and oxygen atoms in total. The van der Waals surface area contributed by atoms with Gasteiger partial charge in [0.1, 0.15) is 6.07 Å². The third-order valence-electron chi connectivity index (χ3n) is 2.93. The number of nitrogens with zero attached hydrogens (tertiary/aromatic N) is 1. The van der Waals surface area contributed by atoms with Gasteiger partial charge in [-0.2, -0.15) is 18.4 Å². The molecule has 24 heavy (non-hydrogen) atoms. The van der Waals surface area contributed by atoms with Crippen LogP contribution in [-0.4, -0.2) is 11.7 Å². The maximum Gasteiger partial charge on any atom is 0.417 e. The Kier molecular flexibility index (Phi) is 5.75. The van der Waals surface area contributed by atoms with Gasteiger partial charge in [0.25, 0.3) is 0 Å². The molecule has 124 valence electrons. The predicted molar refractivity (Wildman–Crippen MR) is 87.0 cm³/mol. The molecule has 0 atom stereocenters. The van der Waals surface area contributed by atoms with Crippen LogP contribution in [0.3, 0.4) is 0 Å². The fourth-order valence-corrected chi connectivity index (χ4v) is 2.80. The summed E-state index contributed by atoms with van der Waals surface area (Å²) in [6, 6.07) is 11.9. The van der Waals surface area contributed by atoms with E-state index >= 15 is 0 Å². The average Bonchev–Trinajstić information content (AvgIpc) is 2.53. The largest absolute Gasteiger partial charge is 0.417 e. The van der Waals surface area contributed by atoms with E-state index in [1.54, 1.807) is 24.3 Å². The molecule has 2 aromatic rings. The van der Waals surface area contributed by atoms with Crippen LogP contribution in [0.1, 0.15) is 11.1 Å². The van der Waals surface area contributed by atoms with Crippen molar-refractivity contribution in [3.8, 4) is 6.07 Å². The van der Waals surface area contributed by atoms with E-state index in [4.69, 9.17) is 16.9 Å². The third kappa shape index (κ3) is 4.66. The number of nitrogens with one attached hydrogen (secondary N) is 1. The number of hydrogen-bond acceptors (Lipinski definition) is 3. The molecule has 0 unspecified atom stereocenters. The van der Waals surface area contributed by atoms with Gasteiger partial charge in [0.05, 0.1) is 27.6 Å². The van der Waals surface area contributed by atoms with Crippen LogP contribution in [0.15, 0.2) is 47.4 Å². The summed E-state index contributed by atoms with van der Waals surface area (Å²) < 4.78 is 38.4. The topological polar surface area (TPSA) is 52.9 Å². The second-order valence-corrected chi connectivity index (χ2v) is 6.09. The van der Waals surface area contributed by atoms with Gasteiger partial charge in [0.15, 0.2) is 0 Å². The fourth-order valence-electron chi connectivity index (χ4n) is 1.84. The van der Waals surface area contributed by atoms with Gasteiger partial charge in [-0.25, -0.2) is 0 Å². The molecule has 1 N–H and O–H groups in total. The summed E-state index contributed by atoms with van der Waals surface area (Å²) in [6.07, 6.45) is -4.55. The molecule has 0 aromatic heterocycles. The van der Waals surface area contributed by atoms with E-state index in [-0.39, 0.29) is 15.7 Å². The van der Waals surface area contributed by atoms with Gasteiger partial charge in [-0.3, -0.25) is 4.79 Å². The van der Waals surface area contributed by atoms with Crippen LogP contribution in [0.25, 0.3) is 0 Å². The number of carbonyl (C=O) groups excluding carboxylic acids is 1. The Morgan fingerprint density at radius 3 is 2.62 bits per heavy atom. The first-order chi connectivity index (χ1) is 11.3. The van der Waals surface area contributed by atoms with Crippen molar-refractivity contribution in [2.45, 2.75) is 11.1 Å². The molecule has 1 amide bonds. The van der Waals surface area contributed by atoms with Gasteiger partial charge in [-0.1, -0.05) is 23.7 Å². The summed E-state index contributed by atoms with van der Waals surface area (Å²) in [5, 5.41) is 11.1. The molecule has 0 saturated carbocycles. The SMILES string of the molecule is N#Cc1ccccc1NC(=O)CSc1ccc(Cl)c(C(F)(F)F)c1. The Labute approximate surface area is 145 Å². The standard InChI is InChI=1S/C16H10ClF3N2OS/c17-13-6-5-11(7-12(13)16(18,19)20)24-9-15(23)22-14-4-2-1-3-10(14)8-21/h1-7H,9H2,(H,22,23). The molecule has 0 saturated heterocycles. The molecule has 0 spiro atoms. The number of halogens is 4. The highest BCUT2D eigenvalue weighted by Gasteiger charge is 2.33. The summed E-state index contributed by atoms with van der Waals surface area (Å²) in [6.45, 7) is 0. The third-order valence-corrected chi connectivity index (χ3v) is 4.26. The Balaban J connectivity index is 2.03. The van der Waals surface area contributed by atoms with Crippen LogP contribution in [0.5, 0.6) is 0 Å². The van der Waals surface area contributed by atoms with Crippen molar-refractivity contribution in [3.63, 3.8) is 0 Å². The molecule has 2 aromatic carbocycles. The lowest BCUT2D eigenvalue weighted by atomic mass is 10.2. The molecule has 8 heteroatoms. The zero-order valence-electron chi connectivity index (χ0n) is 12.0. The lowest BCUT2D eigenvalue weighted by molar-refractivity contribution is -0.137. The lowest BCUT2D eigenvalue weighted by Gasteiger charge is -2.11. The lowest BCUT2D eigenvalue weighted by Crippen LogP contribution is -2.15. The van der Waals surface area contributed by atoms with Gasteiger partial charge >= 0.3 is 6.18 Å². The molecule has 0 fully saturated rings. The van der Waals surface area contributed by atoms with Crippen LogP contribution in [-0.2, 0) is 11.0 Å². The second kappa shape index (κ2) is 7.60. The summed E-state index contributed by atoms with van der Waals surface area (Å²) in [4.78, 5) is 12.2. The van der Waals surface area contributed by atoms with Crippen LogP contribution >= 0.6 is 23.4 Å². The molecule has 0 radical (unpaired) electrons. The van der Waals surface area contributed by atoms with Crippen molar-refractivity contribution in [2.75, 3.05) is 11.1 Å². The van der Waals surface area contributed by atoms with Gasteiger partial charge in [-0.15, -0.1) is 11.8 Å².